The first-order chi connectivity index (χ1) is 10.9. The lowest BCUT2D eigenvalue weighted by molar-refractivity contribution is -0.124. The number of methoxy groups -OCH3 is 1. The van der Waals surface area contributed by atoms with Crippen LogP contribution in [0.25, 0.3) is 0 Å². The Morgan fingerprint density at radius 3 is 2.65 bits per heavy atom. The summed E-state index contributed by atoms with van der Waals surface area (Å²) in [5, 5.41) is 20.8. The van der Waals surface area contributed by atoms with Crippen molar-refractivity contribution in [3.63, 3.8) is 0 Å². The lowest BCUT2D eigenvalue weighted by Gasteiger charge is -2.23. The Labute approximate surface area is 133 Å². The van der Waals surface area contributed by atoms with E-state index in [1.54, 1.807) is 6.92 Å². The van der Waals surface area contributed by atoms with Crippen molar-refractivity contribution in [2.45, 2.75) is 25.3 Å². The highest BCUT2D eigenvalue weighted by molar-refractivity contribution is 5.88. The van der Waals surface area contributed by atoms with Crippen molar-refractivity contribution < 1.29 is 24.2 Å². The van der Waals surface area contributed by atoms with E-state index in [1.165, 1.54) is 25.3 Å². The summed E-state index contributed by atoms with van der Waals surface area (Å²) < 4.78 is 10.4. The smallest absolute Gasteiger partial charge is 0.335 e. The molecule has 23 heavy (non-hydrogen) atoms. The zero-order valence-corrected chi connectivity index (χ0v) is 13.0. The predicted octanol–water partition coefficient (Wildman–Crippen LogP) is 1.58. The molecule has 0 aromatic heterocycles. The number of carboxylic acid groups (broad SMARTS) is 1. The number of carbonyl (C=O) groups excluding carboxylic acids is 1. The highest BCUT2D eigenvalue weighted by Gasteiger charge is 2.43. The number of hydrogen-bond donors (Lipinski definition) is 2. The molecule has 0 spiro atoms. The Morgan fingerprint density at radius 2 is 2.13 bits per heavy atom. The van der Waals surface area contributed by atoms with Crippen molar-refractivity contribution in [2.24, 2.45) is 5.92 Å². The molecular formula is C16H18N2O5. The second kappa shape index (κ2) is 6.57. The molecule has 0 radical (unpaired) electrons. The average molecular weight is 318 g/mol. The number of rotatable bonds is 7. The summed E-state index contributed by atoms with van der Waals surface area (Å²) in [6.45, 7) is 1.41. The fraction of sp³-hybridized carbons (Fsp3) is 0.438. The van der Waals surface area contributed by atoms with Gasteiger partial charge in [0.2, 0.25) is 0 Å². The van der Waals surface area contributed by atoms with Gasteiger partial charge in [-0.05, 0) is 43.9 Å². The molecule has 0 unspecified atom stereocenters. The number of benzene rings is 1. The van der Waals surface area contributed by atoms with Crippen LogP contribution in [0.15, 0.2) is 18.2 Å². The van der Waals surface area contributed by atoms with Gasteiger partial charge in [0.25, 0.3) is 5.91 Å². The Balaban J connectivity index is 1.99. The second-order valence-corrected chi connectivity index (χ2v) is 5.60. The Morgan fingerprint density at radius 1 is 1.43 bits per heavy atom. The summed E-state index contributed by atoms with van der Waals surface area (Å²) in [5.41, 5.74) is -0.818. The molecule has 1 aliphatic rings. The molecule has 0 aliphatic heterocycles. The Kier molecular flexibility index (Phi) is 4.74. The third-order valence-electron chi connectivity index (χ3n) is 3.79. The number of hydrogen-bond acceptors (Lipinski definition) is 5. The molecule has 1 aromatic rings. The minimum absolute atomic E-state index is 0.0597. The third-order valence-corrected chi connectivity index (χ3v) is 3.79. The van der Waals surface area contributed by atoms with Crippen LogP contribution in [0.5, 0.6) is 11.5 Å². The molecule has 1 aliphatic carbocycles. The van der Waals surface area contributed by atoms with Gasteiger partial charge in [-0.25, -0.2) is 4.79 Å². The lowest BCUT2D eigenvalue weighted by atomic mass is 9.98. The molecular weight excluding hydrogens is 300 g/mol. The molecule has 1 saturated carbocycles. The van der Waals surface area contributed by atoms with E-state index in [9.17, 15) is 14.9 Å². The standard InChI is InChI=1S/C16H18N2O5/c1-16(9-17,11-4-5-11)18-14(19)8-23-12-6-3-10(15(20)21)7-13(12)22-2/h3,6-7,11H,4-5,8H2,1-2H3,(H,18,19)(H,20,21)/t16-/m0/s1. The highest BCUT2D eigenvalue weighted by Crippen LogP contribution is 2.39. The molecule has 1 amide bonds. The zero-order chi connectivity index (χ0) is 17.0. The van der Waals surface area contributed by atoms with Gasteiger partial charge in [0.05, 0.1) is 18.7 Å². The van der Waals surface area contributed by atoms with Gasteiger partial charge in [0, 0.05) is 0 Å². The van der Waals surface area contributed by atoms with Gasteiger partial charge in [-0.3, -0.25) is 4.79 Å². The van der Waals surface area contributed by atoms with Crippen molar-refractivity contribution in [3.05, 3.63) is 23.8 Å². The van der Waals surface area contributed by atoms with Crippen LogP contribution in [0.2, 0.25) is 0 Å². The van der Waals surface area contributed by atoms with Crippen molar-refractivity contribution in [3.8, 4) is 17.6 Å². The maximum atomic E-state index is 12.0. The van der Waals surface area contributed by atoms with E-state index in [-0.39, 0.29) is 29.6 Å². The van der Waals surface area contributed by atoms with E-state index in [1.807, 2.05) is 0 Å². The molecule has 7 nitrogen and oxygen atoms in total. The molecule has 1 fully saturated rings. The molecule has 7 heteroatoms. The van der Waals surface area contributed by atoms with Gasteiger partial charge in [-0.2, -0.15) is 5.26 Å². The summed E-state index contributed by atoms with van der Waals surface area (Å²) in [5.74, 6) is -0.825. The van der Waals surface area contributed by atoms with Crippen LogP contribution < -0.4 is 14.8 Å². The molecule has 2 N–H and O–H groups in total. The first-order valence-corrected chi connectivity index (χ1v) is 7.16. The quantitative estimate of drug-likeness (QED) is 0.790. The minimum Gasteiger partial charge on any atom is -0.493 e. The second-order valence-electron chi connectivity index (χ2n) is 5.60. The van der Waals surface area contributed by atoms with Crippen molar-refractivity contribution in [1.29, 1.82) is 5.26 Å². The number of nitriles is 1. The Hall–Kier alpha value is -2.75. The summed E-state index contributed by atoms with van der Waals surface area (Å²) in [6.07, 6.45) is 1.85. The fourth-order valence-corrected chi connectivity index (χ4v) is 2.27. The maximum Gasteiger partial charge on any atom is 0.335 e. The van der Waals surface area contributed by atoms with E-state index in [0.717, 1.165) is 12.8 Å². The summed E-state index contributed by atoms with van der Waals surface area (Å²) in [7, 11) is 1.38. The third kappa shape index (κ3) is 3.92. The normalized spacial score (nSPS) is 15.9. The van der Waals surface area contributed by atoms with Gasteiger partial charge in [-0.1, -0.05) is 0 Å². The van der Waals surface area contributed by atoms with Crippen LogP contribution in [0.1, 0.15) is 30.1 Å². The molecule has 0 bridgehead atoms. The number of carboxylic acids is 1. The lowest BCUT2D eigenvalue weighted by Crippen LogP contribution is -2.48. The average Bonchev–Trinajstić information content (AvgIpc) is 3.37. The Bertz CT molecular complexity index is 663. The van der Waals surface area contributed by atoms with Gasteiger partial charge >= 0.3 is 5.97 Å². The van der Waals surface area contributed by atoms with Crippen LogP contribution in [-0.4, -0.2) is 36.2 Å². The number of aromatic carboxylic acids is 1. The van der Waals surface area contributed by atoms with Gasteiger partial charge < -0.3 is 19.9 Å². The van der Waals surface area contributed by atoms with Crippen molar-refractivity contribution >= 4 is 11.9 Å². The first-order valence-electron chi connectivity index (χ1n) is 7.16. The van der Waals surface area contributed by atoms with Crippen LogP contribution in [-0.2, 0) is 4.79 Å². The van der Waals surface area contributed by atoms with Gasteiger partial charge in [-0.15, -0.1) is 0 Å². The zero-order valence-electron chi connectivity index (χ0n) is 13.0. The molecule has 1 atom stereocenters. The number of ether oxygens (including phenoxy) is 2. The van der Waals surface area contributed by atoms with E-state index >= 15 is 0 Å². The first kappa shape index (κ1) is 16.6. The molecule has 1 aromatic carbocycles. The number of nitrogens with zero attached hydrogens (tertiary/aromatic N) is 1. The van der Waals surface area contributed by atoms with Crippen LogP contribution >= 0.6 is 0 Å². The molecule has 0 heterocycles. The van der Waals surface area contributed by atoms with Crippen LogP contribution in [0.3, 0.4) is 0 Å². The summed E-state index contributed by atoms with van der Waals surface area (Å²) in [4.78, 5) is 22.9. The van der Waals surface area contributed by atoms with Crippen molar-refractivity contribution in [1.82, 2.24) is 5.32 Å². The largest absolute Gasteiger partial charge is 0.493 e. The summed E-state index contributed by atoms with van der Waals surface area (Å²) >= 11 is 0. The van der Waals surface area contributed by atoms with Gasteiger partial charge in [0.1, 0.15) is 5.54 Å². The van der Waals surface area contributed by atoms with E-state index in [2.05, 4.69) is 11.4 Å². The highest BCUT2D eigenvalue weighted by atomic mass is 16.5. The van der Waals surface area contributed by atoms with Gasteiger partial charge in [0.15, 0.2) is 18.1 Å². The molecule has 122 valence electrons. The predicted molar refractivity (Wildman–Crippen MR) is 80.3 cm³/mol. The SMILES string of the molecule is COc1cc(C(=O)O)ccc1OCC(=O)N[C@@](C)(C#N)C1CC1. The molecule has 2 rings (SSSR count). The monoisotopic (exact) mass is 318 g/mol. The van der Waals surface area contributed by atoms with E-state index < -0.39 is 17.4 Å². The summed E-state index contributed by atoms with van der Waals surface area (Å²) in [6, 6.07) is 6.25. The van der Waals surface area contributed by atoms with E-state index in [4.69, 9.17) is 14.6 Å². The topological polar surface area (TPSA) is 109 Å². The maximum absolute atomic E-state index is 12.0. The minimum atomic E-state index is -1.08. The number of carbonyl (C=O) groups is 2. The number of amides is 1. The fourth-order valence-electron chi connectivity index (χ4n) is 2.27. The van der Waals surface area contributed by atoms with Crippen LogP contribution in [0, 0.1) is 17.2 Å². The van der Waals surface area contributed by atoms with Crippen LogP contribution in [0.4, 0.5) is 0 Å². The van der Waals surface area contributed by atoms with E-state index in [0.29, 0.717) is 0 Å². The molecule has 0 saturated heterocycles. The number of nitrogens with one attached hydrogen (secondary N) is 1. The van der Waals surface area contributed by atoms with Crippen molar-refractivity contribution in [2.75, 3.05) is 13.7 Å².